The Kier molecular flexibility index (Phi) is 5.74. The zero-order valence-electron chi connectivity index (χ0n) is 13.4. The molecule has 5 heteroatoms. The molecule has 5 nitrogen and oxygen atoms in total. The third kappa shape index (κ3) is 4.85. The van der Waals surface area contributed by atoms with Gasteiger partial charge in [-0.15, -0.1) is 0 Å². The van der Waals surface area contributed by atoms with Gasteiger partial charge >= 0.3 is 0 Å². The molecule has 0 aromatic heterocycles. The molecule has 0 unspecified atom stereocenters. The first-order valence-electron chi connectivity index (χ1n) is 7.55. The number of hydrogen-bond donors (Lipinski definition) is 2. The van der Waals surface area contributed by atoms with E-state index in [-0.39, 0.29) is 18.4 Å². The van der Waals surface area contributed by atoms with Gasteiger partial charge in [0.25, 0.3) is 0 Å². The Morgan fingerprint density at radius 1 is 1.00 bits per heavy atom. The molecule has 2 aromatic rings. The van der Waals surface area contributed by atoms with E-state index in [4.69, 9.17) is 0 Å². The SMILES string of the molecule is CCC(=O)Nc1cccc(NCC(=O)N(C)c2ccccc2)c1. The summed E-state index contributed by atoms with van der Waals surface area (Å²) in [6, 6.07) is 16.8. The second kappa shape index (κ2) is 7.98. The van der Waals surface area contributed by atoms with E-state index in [2.05, 4.69) is 10.6 Å². The molecule has 0 saturated carbocycles. The van der Waals surface area contributed by atoms with Crippen LogP contribution in [0.3, 0.4) is 0 Å². The highest BCUT2D eigenvalue weighted by Gasteiger charge is 2.10. The van der Waals surface area contributed by atoms with Crippen molar-refractivity contribution in [3.05, 3.63) is 54.6 Å². The number of amides is 2. The number of nitrogens with zero attached hydrogens (tertiary/aromatic N) is 1. The van der Waals surface area contributed by atoms with Crippen molar-refractivity contribution in [2.45, 2.75) is 13.3 Å². The highest BCUT2D eigenvalue weighted by molar-refractivity contribution is 5.96. The van der Waals surface area contributed by atoms with Crippen LogP contribution in [-0.2, 0) is 9.59 Å². The molecule has 0 fully saturated rings. The van der Waals surface area contributed by atoms with E-state index < -0.39 is 0 Å². The molecule has 0 bridgehead atoms. The molecule has 2 aromatic carbocycles. The van der Waals surface area contributed by atoms with Crippen LogP contribution in [0.2, 0.25) is 0 Å². The van der Waals surface area contributed by atoms with E-state index in [9.17, 15) is 9.59 Å². The van der Waals surface area contributed by atoms with E-state index in [0.717, 1.165) is 11.4 Å². The lowest BCUT2D eigenvalue weighted by Crippen LogP contribution is -2.32. The summed E-state index contributed by atoms with van der Waals surface area (Å²) in [5, 5.41) is 5.88. The van der Waals surface area contributed by atoms with Crippen molar-refractivity contribution in [1.29, 1.82) is 0 Å². The first-order valence-corrected chi connectivity index (χ1v) is 7.55. The monoisotopic (exact) mass is 311 g/mol. The van der Waals surface area contributed by atoms with Gasteiger partial charge in [0.1, 0.15) is 0 Å². The average Bonchev–Trinajstić information content (AvgIpc) is 2.60. The fourth-order valence-corrected chi connectivity index (χ4v) is 2.05. The Morgan fingerprint density at radius 3 is 2.39 bits per heavy atom. The van der Waals surface area contributed by atoms with E-state index in [1.54, 1.807) is 18.9 Å². The molecule has 0 aliphatic heterocycles. The van der Waals surface area contributed by atoms with Gasteiger partial charge in [-0.1, -0.05) is 31.2 Å². The minimum atomic E-state index is -0.0424. The summed E-state index contributed by atoms with van der Waals surface area (Å²) in [4.78, 5) is 25.2. The van der Waals surface area contributed by atoms with E-state index in [1.165, 1.54) is 0 Å². The second-order valence-corrected chi connectivity index (χ2v) is 5.12. The molecule has 2 N–H and O–H groups in total. The maximum absolute atomic E-state index is 12.2. The van der Waals surface area contributed by atoms with Crippen molar-refractivity contribution in [3.63, 3.8) is 0 Å². The number of para-hydroxylation sites is 1. The molecule has 2 rings (SSSR count). The number of benzene rings is 2. The van der Waals surface area contributed by atoms with Gasteiger partial charge in [-0.25, -0.2) is 0 Å². The van der Waals surface area contributed by atoms with Crippen LogP contribution in [0.1, 0.15) is 13.3 Å². The molecule has 23 heavy (non-hydrogen) atoms. The quantitative estimate of drug-likeness (QED) is 0.861. The molecule has 0 aliphatic rings. The Morgan fingerprint density at radius 2 is 1.70 bits per heavy atom. The summed E-state index contributed by atoms with van der Waals surface area (Å²) in [5.41, 5.74) is 2.35. The van der Waals surface area contributed by atoms with Gasteiger partial charge in [0.2, 0.25) is 11.8 Å². The van der Waals surface area contributed by atoms with Crippen LogP contribution >= 0.6 is 0 Å². The molecule has 0 radical (unpaired) electrons. The first-order chi connectivity index (χ1) is 11.1. The van der Waals surface area contributed by atoms with Gasteiger partial charge < -0.3 is 15.5 Å². The van der Waals surface area contributed by atoms with Crippen molar-refractivity contribution in [3.8, 4) is 0 Å². The molecule has 120 valence electrons. The summed E-state index contributed by atoms with van der Waals surface area (Å²) in [6.45, 7) is 1.98. The fourth-order valence-electron chi connectivity index (χ4n) is 2.05. The number of carbonyl (C=O) groups excluding carboxylic acids is 2. The van der Waals surface area contributed by atoms with Gasteiger partial charge in [-0.2, -0.15) is 0 Å². The van der Waals surface area contributed by atoms with Crippen LogP contribution < -0.4 is 15.5 Å². The molecule has 0 spiro atoms. The topological polar surface area (TPSA) is 61.4 Å². The number of rotatable bonds is 6. The van der Waals surface area contributed by atoms with Gasteiger partial charge in [0.15, 0.2) is 0 Å². The normalized spacial score (nSPS) is 10.0. The minimum absolute atomic E-state index is 0.0398. The lowest BCUT2D eigenvalue weighted by molar-refractivity contribution is -0.117. The predicted molar refractivity (Wildman–Crippen MR) is 93.7 cm³/mol. The van der Waals surface area contributed by atoms with E-state index in [1.807, 2.05) is 54.6 Å². The third-order valence-electron chi connectivity index (χ3n) is 3.43. The minimum Gasteiger partial charge on any atom is -0.376 e. The smallest absolute Gasteiger partial charge is 0.246 e. The van der Waals surface area contributed by atoms with Crippen molar-refractivity contribution in [1.82, 2.24) is 0 Å². The highest BCUT2D eigenvalue weighted by Crippen LogP contribution is 2.16. The number of hydrogen-bond acceptors (Lipinski definition) is 3. The molecular weight excluding hydrogens is 290 g/mol. The van der Waals surface area contributed by atoms with Crippen LogP contribution in [0.4, 0.5) is 17.1 Å². The highest BCUT2D eigenvalue weighted by atomic mass is 16.2. The lowest BCUT2D eigenvalue weighted by Gasteiger charge is -2.18. The summed E-state index contributed by atoms with van der Waals surface area (Å²) in [6.07, 6.45) is 0.429. The zero-order chi connectivity index (χ0) is 16.7. The van der Waals surface area contributed by atoms with Crippen LogP contribution in [0.5, 0.6) is 0 Å². The maximum Gasteiger partial charge on any atom is 0.246 e. The fraction of sp³-hybridized carbons (Fsp3) is 0.222. The van der Waals surface area contributed by atoms with Gasteiger partial charge in [0, 0.05) is 30.5 Å². The van der Waals surface area contributed by atoms with Crippen LogP contribution in [0.25, 0.3) is 0 Å². The van der Waals surface area contributed by atoms with Gasteiger partial charge in [-0.3, -0.25) is 9.59 Å². The summed E-state index contributed by atoms with van der Waals surface area (Å²) < 4.78 is 0. The molecule has 0 heterocycles. The Labute approximate surface area is 136 Å². The number of likely N-dealkylation sites (N-methyl/N-ethyl adjacent to an activating group) is 1. The average molecular weight is 311 g/mol. The van der Waals surface area contributed by atoms with Gasteiger partial charge in [-0.05, 0) is 30.3 Å². The number of anilines is 3. The molecule has 0 saturated heterocycles. The van der Waals surface area contributed by atoms with Crippen molar-refractivity contribution < 1.29 is 9.59 Å². The summed E-state index contributed by atoms with van der Waals surface area (Å²) in [5.74, 6) is -0.0822. The third-order valence-corrected chi connectivity index (χ3v) is 3.43. The van der Waals surface area contributed by atoms with Crippen molar-refractivity contribution >= 4 is 28.9 Å². The largest absolute Gasteiger partial charge is 0.376 e. The van der Waals surface area contributed by atoms with E-state index >= 15 is 0 Å². The Bertz CT molecular complexity index is 671. The van der Waals surface area contributed by atoms with Crippen LogP contribution in [0.15, 0.2) is 54.6 Å². The Balaban J connectivity index is 1.94. The Hall–Kier alpha value is -2.82. The zero-order valence-corrected chi connectivity index (χ0v) is 13.4. The standard InChI is InChI=1S/C18H21N3O2/c1-3-17(22)20-15-9-7-8-14(12-15)19-13-18(23)21(2)16-10-5-4-6-11-16/h4-12,19H,3,13H2,1-2H3,(H,20,22). The molecule has 0 aliphatic carbocycles. The molecular formula is C18H21N3O2. The summed E-state index contributed by atoms with van der Waals surface area (Å²) >= 11 is 0. The van der Waals surface area contributed by atoms with Crippen molar-refractivity contribution in [2.75, 3.05) is 29.1 Å². The molecule has 2 amide bonds. The van der Waals surface area contributed by atoms with E-state index in [0.29, 0.717) is 12.1 Å². The number of carbonyl (C=O) groups is 2. The predicted octanol–water partition coefficient (Wildman–Crippen LogP) is 3.11. The van der Waals surface area contributed by atoms with Crippen LogP contribution in [0, 0.1) is 0 Å². The first kappa shape index (κ1) is 16.5. The summed E-state index contributed by atoms with van der Waals surface area (Å²) in [7, 11) is 1.75. The second-order valence-electron chi connectivity index (χ2n) is 5.12. The number of nitrogens with one attached hydrogen (secondary N) is 2. The van der Waals surface area contributed by atoms with Gasteiger partial charge in [0.05, 0.1) is 6.54 Å². The lowest BCUT2D eigenvalue weighted by atomic mass is 10.2. The van der Waals surface area contributed by atoms with Crippen molar-refractivity contribution in [2.24, 2.45) is 0 Å². The molecule has 0 atom stereocenters. The maximum atomic E-state index is 12.2. The van der Waals surface area contributed by atoms with Crippen LogP contribution in [-0.4, -0.2) is 25.4 Å².